The fourth-order valence-corrected chi connectivity index (χ4v) is 12.0. The second kappa shape index (κ2) is 13.9. The Morgan fingerprint density at radius 3 is 1.65 bits per heavy atom. The number of thiophene rings is 1. The minimum absolute atomic E-state index is 0.644. The lowest BCUT2D eigenvalue weighted by Gasteiger charge is -2.12. The van der Waals surface area contributed by atoms with E-state index in [-0.39, 0.29) is 0 Å². The van der Waals surface area contributed by atoms with Crippen molar-refractivity contribution in [3.8, 4) is 40.0 Å². The minimum atomic E-state index is 0.644. The van der Waals surface area contributed by atoms with E-state index in [1.165, 1.54) is 85.4 Å². The highest BCUT2D eigenvalue weighted by molar-refractivity contribution is 7.26. The Hall–Kier alpha value is -8.63. The van der Waals surface area contributed by atoms with Crippen molar-refractivity contribution in [3.05, 3.63) is 206 Å². The largest absolute Gasteiger partial charge is 0.497 e. The number of hydrogen-bond donors (Lipinski definition) is 0. The summed E-state index contributed by atoms with van der Waals surface area (Å²) in [6.45, 7) is 0. The lowest BCUT2D eigenvalue weighted by molar-refractivity contribution is 0.415. The van der Waals surface area contributed by atoms with Gasteiger partial charge < -0.3 is 18.4 Å². The Bertz CT molecular complexity index is 4330. The van der Waals surface area contributed by atoms with Crippen molar-refractivity contribution in [1.29, 1.82) is 5.26 Å². The second-order valence-electron chi connectivity index (χ2n) is 17.2. The van der Waals surface area contributed by atoms with Crippen molar-refractivity contribution in [2.24, 2.45) is 0 Å². The van der Waals surface area contributed by atoms with Gasteiger partial charge in [-0.1, -0.05) is 84.9 Å². The van der Waals surface area contributed by atoms with Crippen LogP contribution in [0.3, 0.4) is 0 Å². The van der Waals surface area contributed by atoms with Crippen LogP contribution in [0.2, 0.25) is 0 Å². The zero-order valence-electron chi connectivity index (χ0n) is 35.7. The molecule has 14 aromatic rings. The van der Waals surface area contributed by atoms with E-state index in [4.69, 9.17) is 4.74 Å². The van der Waals surface area contributed by atoms with Crippen LogP contribution in [0.1, 0.15) is 5.56 Å². The molecule has 0 aliphatic rings. The number of methoxy groups -OCH3 is 1. The van der Waals surface area contributed by atoms with Crippen LogP contribution in [0.4, 0.5) is 0 Å². The van der Waals surface area contributed by atoms with E-state index in [9.17, 15) is 5.26 Å². The lowest BCUT2D eigenvalue weighted by Crippen LogP contribution is -1.96. The first kappa shape index (κ1) is 36.8. The summed E-state index contributed by atoms with van der Waals surface area (Å²) in [4.78, 5) is 0. The smallest absolute Gasteiger partial charge is 0.119 e. The topological polar surface area (TPSA) is 47.8 Å². The maximum absolute atomic E-state index is 9.73. The van der Waals surface area contributed by atoms with Gasteiger partial charge in [-0.2, -0.15) is 5.26 Å². The lowest BCUT2D eigenvalue weighted by atomic mass is 9.97. The van der Waals surface area contributed by atoms with Crippen molar-refractivity contribution in [2.75, 3.05) is 7.11 Å². The molecule has 14 rings (SSSR count). The minimum Gasteiger partial charge on any atom is -0.497 e. The van der Waals surface area contributed by atoms with E-state index in [1.807, 2.05) is 35.6 Å². The van der Waals surface area contributed by atoms with Crippen LogP contribution in [0.25, 0.3) is 125 Å². The highest BCUT2D eigenvalue weighted by Crippen LogP contribution is 2.49. The van der Waals surface area contributed by atoms with Crippen LogP contribution >= 0.6 is 11.3 Å². The van der Waals surface area contributed by atoms with Crippen LogP contribution in [0, 0.1) is 11.3 Å². The molecule has 6 heteroatoms. The third-order valence-corrected chi connectivity index (χ3v) is 14.9. The molecule has 0 fully saturated rings. The summed E-state index contributed by atoms with van der Waals surface area (Å²) in [5, 5.41) is 21.9. The first-order chi connectivity index (χ1) is 32.6. The first-order valence-electron chi connectivity index (χ1n) is 22.2. The Morgan fingerprint density at radius 2 is 0.970 bits per heavy atom. The third kappa shape index (κ3) is 5.20. The number of aromatic nitrogens is 3. The molecule has 66 heavy (non-hydrogen) atoms. The molecule has 0 radical (unpaired) electrons. The molecule has 0 atom stereocenters. The molecule has 0 N–H and O–H groups in total. The maximum Gasteiger partial charge on any atom is 0.119 e. The van der Waals surface area contributed by atoms with E-state index in [0.29, 0.717) is 5.56 Å². The van der Waals surface area contributed by atoms with Gasteiger partial charge in [0.05, 0.1) is 51.8 Å². The Morgan fingerprint density at radius 1 is 0.439 bits per heavy atom. The number of benzene rings is 10. The van der Waals surface area contributed by atoms with Crippen molar-refractivity contribution >= 4 is 108 Å². The summed E-state index contributed by atoms with van der Waals surface area (Å²) < 4.78 is 15.3. The fourth-order valence-electron chi connectivity index (χ4n) is 10.8. The number of fused-ring (bicyclic) bond motifs is 14. The molecule has 0 saturated carbocycles. The number of nitriles is 1. The van der Waals surface area contributed by atoms with E-state index >= 15 is 0 Å². The Kier molecular flexibility index (Phi) is 7.77. The maximum atomic E-state index is 9.73. The van der Waals surface area contributed by atoms with Crippen LogP contribution in [-0.4, -0.2) is 20.8 Å². The highest BCUT2D eigenvalue weighted by atomic mass is 32.1. The highest BCUT2D eigenvalue weighted by Gasteiger charge is 2.24. The van der Waals surface area contributed by atoms with Gasteiger partial charge in [-0.05, 0) is 132 Å². The van der Waals surface area contributed by atoms with Crippen molar-refractivity contribution in [1.82, 2.24) is 13.7 Å². The summed E-state index contributed by atoms with van der Waals surface area (Å²) in [5.41, 5.74) is 13.2. The number of rotatable bonds is 5. The van der Waals surface area contributed by atoms with Crippen molar-refractivity contribution < 1.29 is 4.74 Å². The van der Waals surface area contributed by atoms with E-state index in [2.05, 4.69) is 196 Å². The zero-order chi connectivity index (χ0) is 43.6. The SMILES string of the molecule is COc1ccc(-n2c3ccc(-c4cc5c6ccccc6n(-c6ccc(C#N)cc6)c5c5c4sc4cc6ccccc6cc45)cc3c3cc(-n4c5ccccc5c5ccccc54)ccc32)cc1. The van der Waals surface area contributed by atoms with Crippen LogP contribution in [0.5, 0.6) is 5.75 Å². The average molecular weight is 861 g/mol. The van der Waals surface area contributed by atoms with Gasteiger partial charge in [0.2, 0.25) is 0 Å². The quantitative estimate of drug-likeness (QED) is 0.173. The van der Waals surface area contributed by atoms with Crippen molar-refractivity contribution in [2.45, 2.75) is 0 Å². The number of ether oxygens (including phenoxy) is 1. The summed E-state index contributed by atoms with van der Waals surface area (Å²) in [6.07, 6.45) is 0. The molecule has 4 heterocycles. The summed E-state index contributed by atoms with van der Waals surface area (Å²) in [7, 11) is 1.71. The van der Waals surface area contributed by atoms with Crippen molar-refractivity contribution in [3.63, 3.8) is 0 Å². The fraction of sp³-hybridized carbons (Fsp3) is 0.0167. The van der Waals surface area contributed by atoms with Crippen LogP contribution in [0.15, 0.2) is 200 Å². The molecule has 5 nitrogen and oxygen atoms in total. The summed E-state index contributed by atoms with van der Waals surface area (Å²) in [5.74, 6) is 0.826. The van der Waals surface area contributed by atoms with Gasteiger partial charge in [0.15, 0.2) is 0 Å². The van der Waals surface area contributed by atoms with Gasteiger partial charge in [0.1, 0.15) is 5.75 Å². The predicted octanol–water partition coefficient (Wildman–Crippen LogP) is 16.0. The molecule has 0 unspecified atom stereocenters. The van der Waals surface area contributed by atoms with Gasteiger partial charge >= 0.3 is 0 Å². The Balaban J connectivity index is 1.09. The van der Waals surface area contributed by atoms with E-state index in [1.54, 1.807) is 7.11 Å². The standard InChI is InChI=1S/C60H36N4OS/c1-65-43-26-23-40(24-27-43)62-55-28-20-39(31-48(55)49-33-42(25-29-56(49)62)63-52-15-7-4-12-44(52)45-13-5-8-16-53(45)63)47-34-50-46-14-6-9-17-54(46)64(41-21-18-36(35-61)19-22-41)59(50)58-51-30-37-10-2-3-11-38(37)32-57(51)66-60(47)58/h2-34H,1H3. The van der Waals surface area contributed by atoms with Crippen LogP contribution in [-0.2, 0) is 0 Å². The molecule has 0 saturated heterocycles. The number of hydrogen-bond acceptors (Lipinski definition) is 3. The molecule has 10 aromatic carbocycles. The molecular weight excluding hydrogens is 825 g/mol. The van der Waals surface area contributed by atoms with Gasteiger partial charge in [-0.15, -0.1) is 11.3 Å². The summed E-state index contributed by atoms with van der Waals surface area (Å²) >= 11 is 1.87. The normalized spacial score (nSPS) is 12.0. The molecule has 308 valence electrons. The van der Waals surface area contributed by atoms with E-state index in [0.717, 1.165) is 44.9 Å². The molecule has 4 aromatic heterocycles. The Labute approximate surface area is 382 Å². The molecule has 0 spiro atoms. The monoisotopic (exact) mass is 860 g/mol. The average Bonchev–Trinajstić information content (AvgIpc) is 4.11. The van der Waals surface area contributed by atoms with Crippen LogP contribution < -0.4 is 4.74 Å². The zero-order valence-corrected chi connectivity index (χ0v) is 36.5. The van der Waals surface area contributed by atoms with Gasteiger partial charge in [-0.25, -0.2) is 0 Å². The van der Waals surface area contributed by atoms with Gasteiger partial charge in [-0.3, -0.25) is 0 Å². The molecule has 0 aliphatic carbocycles. The molecule has 0 amide bonds. The third-order valence-electron chi connectivity index (χ3n) is 13.7. The predicted molar refractivity (Wildman–Crippen MR) is 277 cm³/mol. The number of nitrogens with zero attached hydrogens (tertiary/aromatic N) is 4. The first-order valence-corrected chi connectivity index (χ1v) is 23.0. The molecule has 0 aliphatic heterocycles. The van der Waals surface area contributed by atoms with E-state index < -0.39 is 0 Å². The summed E-state index contributed by atoms with van der Waals surface area (Å²) in [6, 6.07) is 74.7. The van der Waals surface area contributed by atoms with Gasteiger partial charge in [0, 0.05) is 75.1 Å². The number of para-hydroxylation sites is 3. The molecule has 0 bridgehead atoms. The van der Waals surface area contributed by atoms with Gasteiger partial charge in [0.25, 0.3) is 0 Å². The molecular formula is C60H36N4OS. The second-order valence-corrected chi connectivity index (χ2v) is 18.2.